The van der Waals surface area contributed by atoms with Crippen molar-refractivity contribution in [1.82, 2.24) is 25.0 Å². The fraction of sp³-hybridized carbons (Fsp3) is 0.346. The van der Waals surface area contributed by atoms with Crippen molar-refractivity contribution in [3.63, 3.8) is 0 Å². The van der Waals surface area contributed by atoms with E-state index >= 15 is 0 Å². The van der Waals surface area contributed by atoms with E-state index in [1.807, 2.05) is 16.5 Å². The summed E-state index contributed by atoms with van der Waals surface area (Å²) >= 11 is 1.66. The van der Waals surface area contributed by atoms with Gasteiger partial charge in [-0.15, -0.1) is 0 Å². The van der Waals surface area contributed by atoms with Crippen LogP contribution in [0, 0.1) is 13.8 Å². The lowest BCUT2D eigenvalue weighted by molar-refractivity contribution is 0.0731. The van der Waals surface area contributed by atoms with E-state index in [0.29, 0.717) is 24.7 Å². The smallest absolute Gasteiger partial charge is 0.275 e. The zero-order valence-corrected chi connectivity index (χ0v) is 20.4. The van der Waals surface area contributed by atoms with Crippen molar-refractivity contribution in [3.05, 3.63) is 64.2 Å². The van der Waals surface area contributed by atoms with Gasteiger partial charge in [0.25, 0.3) is 5.91 Å². The molecule has 0 aliphatic carbocycles. The Hall–Kier alpha value is -3.03. The average molecular weight is 460 g/mol. The summed E-state index contributed by atoms with van der Waals surface area (Å²) in [7, 11) is 0. The summed E-state index contributed by atoms with van der Waals surface area (Å²) in [6.07, 6.45) is 0. The number of aryl methyl sites for hydroxylation is 2. The predicted molar refractivity (Wildman–Crippen MR) is 135 cm³/mol. The minimum absolute atomic E-state index is 0.00889. The summed E-state index contributed by atoms with van der Waals surface area (Å²) in [5.74, 6) is 0.322. The summed E-state index contributed by atoms with van der Waals surface area (Å²) < 4.78 is 1.86. The highest BCUT2D eigenvalue weighted by Gasteiger charge is 2.26. The number of aromatic nitrogens is 3. The van der Waals surface area contributed by atoms with Crippen molar-refractivity contribution in [1.29, 1.82) is 0 Å². The fourth-order valence-electron chi connectivity index (χ4n) is 4.35. The van der Waals surface area contributed by atoms with E-state index in [-0.39, 0.29) is 5.91 Å². The molecule has 0 unspecified atom stereocenters. The molecule has 0 spiro atoms. The molecule has 1 N–H and O–H groups in total. The maximum atomic E-state index is 13.4. The molecule has 7 heteroatoms. The maximum Gasteiger partial charge on any atom is 0.275 e. The van der Waals surface area contributed by atoms with Crippen molar-refractivity contribution in [2.45, 2.75) is 33.6 Å². The third-order valence-corrected chi connectivity index (χ3v) is 7.41. The Morgan fingerprint density at radius 1 is 1.06 bits per heavy atom. The van der Waals surface area contributed by atoms with Gasteiger partial charge in [-0.2, -0.15) is 5.10 Å². The van der Waals surface area contributed by atoms with Crippen LogP contribution in [0.3, 0.4) is 0 Å². The van der Waals surface area contributed by atoms with Crippen LogP contribution in [0.1, 0.15) is 46.3 Å². The molecule has 0 atom stereocenters. The number of amides is 1. The SMILES string of the molecule is Cc1cccc(-c2nc(-n3nc(C(=O)N4CCNCC4)c4cc(C)ccc43)sc2C(C)C)c1. The van der Waals surface area contributed by atoms with E-state index in [9.17, 15) is 4.79 Å². The molecule has 170 valence electrons. The Kier molecular flexibility index (Phi) is 5.76. The molecular weight excluding hydrogens is 430 g/mol. The van der Waals surface area contributed by atoms with Crippen LogP contribution < -0.4 is 5.32 Å². The van der Waals surface area contributed by atoms with Gasteiger partial charge in [-0.1, -0.05) is 60.6 Å². The largest absolute Gasteiger partial charge is 0.335 e. The first kappa shape index (κ1) is 21.8. The summed E-state index contributed by atoms with van der Waals surface area (Å²) in [4.78, 5) is 21.6. The highest BCUT2D eigenvalue weighted by molar-refractivity contribution is 7.14. The second kappa shape index (κ2) is 8.72. The van der Waals surface area contributed by atoms with Crippen LogP contribution in [0.25, 0.3) is 27.3 Å². The monoisotopic (exact) mass is 459 g/mol. The van der Waals surface area contributed by atoms with Gasteiger partial charge < -0.3 is 10.2 Å². The van der Waals surface area contributed by atoms with Gasteiger partial charge in [0.2, 0.25) is 5.13 Å². The van der Waals surface area contributed by atoms with Crippen LogP contribution in [-0.2, 0) is 0 Å². The number of carbonyl (C=O) groups excluding carboxylic acids is 1. The molecule has 2 aromatic heterocycles. The average Bonchev–Trinajstić information content (AvgIpc) is 3.41. The summed E-state index contributed by atoms with van der Waals surface area (Å²) in [5, 5.41) is 9.84. The van der Waals surface area contributed by atoms with Crippen molar-refractivity contribution in [3.8, 4) is 16.4 Å². The minimum atomic E-state index is -0.00889. The third-order valence-electron chi connectivity index (χ3n) is 6.08. The Labute approximate surface area is 198 Å². The molecule has 3 heterocycles. The molecule has 0 bridgehead atoms. The minimum Gasteiger partial charge on any atom is -0.335 e. The van der Waals surface area contributed by atoms with Crippen LogP contribution >= 0.6 is 11.3 Å². The molecule has 33 heavy (non-hydrogen) atoms. The van der Waals surface area contributed by atoms with E-state index in [4.69, 9.17) is 10.1 Å². The van der Waals surface area contributed by atoms with Crippen LogP contribution in [0.5, 0.6) is 0 Å². The van der Waals surface area contributed by atoms with Gasteiger partial charge in [-0.3, -0.25) is 4.79 Å². The van der Waals surface area contributed by atoms with Crippen LogP contribution in [-0.4, -0.2) is 51.8 Å². The van der Waals surface area contributed by atoms with Crippen LogP contribution in [0.15, 0.2) is 42.5 Å². The Morgan fingerprint density at radius 3 is 2.55 bits per heavy atom. The van der Waals surface area contributed by atoms with Gasteiger partial charge in [-0.05, 0) is 38.0 Å². The van der Waals surface area contributed by atoms with Crippen LogP contribution in [0.4, 0.5) is 0 Å². The zero-order chi connectivity index (χ0) is 23.1. The fourth-order valence-corrected chi connectivity index (χ4v) is 5.41. The van der Waals surface area contributed by atoms with Crippen LogP contribution in [0.2, 0.25) is 0 Å². The highest BCUT2D eigenvalue weighted by atomic mass is 32.1. The van der Waals surface area contributed by atoms with Gasteiger partial charge in [0.05, 0.1) is 11.2 Å². The molecule has 4 aromatic rings. The number of hydrogen-bond acceptors (Lipinski definition) is 5. The molecule has 1 fully saturated rings. The second-order valence-electron chi connectivity index (χ2n) is 9.06. The predicted octanol–water partition coefficient (Wildman–Crippen LogP) is 4.93. The number of thiazole rings is 1. The van der Waals surface area contributed by atoms with Gasteiger partial charge in [0, 0.05) is 42.0 Å². The number of nitrogens with zero attached hydrogens (tertiary/aromatic N) is 4. The van der Waals surface area contributed by atoms with E-state index in [1.54, 1.807) is 11.3 Å². The van der Waals surface area contributed by atoms with Crippen molar-refractivity contribution in [2.24, 2.45) is 0 Å². The lowest BCUT2D eigenvalue weighted by Crippen LogP contribution is -2.46. The Balaban J connectivity index is 1.66. The molecule has 1 amide bonds. The topological polar surface area (TPSA) is 63.1 Å². The number of piperazine rings is 1. The number of nitrogens with one attached hydrogen (secondary N) is 1. The summed E-state index contributed by atoms with van der Waals surface area (Å²) in [6, 6.07) is 14.6. The Morgan fingerprint density at radius 2 is 1.82 bits per heavy atom. The van der Waals surface area contributed by atoms with E-state index in [1.165, 1.54) is 10.4 Å². The van der Waals surface area contributed by atoms with Gasteiger partial charge in [-0.25, -0.2) is 9.67 Å². The first-order valence-electron chi connectivity index (χ1n) is 11.5. The normalized spacial score (nSPS) is 14.4. The maximum absolute atomic E-state index is 13.4. The number of fused-ring (bicyclic) bond motifs is 1. The molecule has 6 nitrogen and oxygen atoms in total. The molecule has 1 saturated heterocycles. The quantitative estimate of drug-likeness (QED) is 0.470. The zero-order valence-electron chi connectivity index (χ0n) is 19.6. The van der Waals surface area contributed by atoms with E-state index in [2.05, 4.69) is 68.6 Å². The lowest BCUT2D eigenvalue weighted by Gasteiger charge is -2.26. The molecular formula is C26H29N5OS. The first-order valence-corrected chi connectivity index (χ1v) is 12.3. The molecule has 1 aliphatic rings. The number of hydrogen-bond donors (Lipinski definition) is 1. The second-order valence-corrected chi connectivity index (χ2v) is 10.1. The molecule has 2 aromatic carbocycles. The number of carbonyl (C=O) groups is 1. The van der Waals surface area contributed by atoms with Crippen molar-refractivity contribution in [2.75, 3.05) is 26.2 Å². The molecule has 1 aliphatic heterocycles. The van der Waals surface area contributed by atoms with Crippen molar-refractivity contribution >= 4 is 28.1 Å². The molecule has 0 radical (unpaired) electrons. The highest BCUT2D eigenvalue weighted by Crippen LogP contribution is 2.37. The third kappa shape index (κ3) is 4.07. The van der Waals surface area contributed by atoms with E-state index in [0.717, 1.165) is 45.9 Å². The standard InChI is InChI=1S/C26H29N5OS/c1-16(2)24-22(19-7-5-6-17(3)14-19)28-26(33-24)31-21-9-8-18(4)15-20(21)23(29-31)25(32)30-12-10-27-11-13-30/h5-9,14-16,27H,10-13H2,1-4H3. The lowest BCUT2D eigenvalue weighted by atomic mass is 10.0. The summed E-state index contributed by atoms with van der Waals surface area (Å²) in [5.41, 5.74) is 5.86. The number of benzene rings is 2. The first-order chi connectivity index (χ1) is 15.9. The number of rotatable bonds is 4. The van der Waals surface area contributed by atoms with Gasteiger partial charge in [0.1, 0.15) is 0 Å². The van der Waals surface area contributed by atoms with E-state index < -0.39 is 0 Å². The van der Waals surface area contributed by atoms with Crippen molar-refractivity contribution < 1.29 is 4.79 Å². The molecule has 5 rings (SSSR count). The molecule has 0 saturated carbocycles. The van der Waals surface area contributed by atoms with Gasteiger partial charge in [0.15, 0.2) is 5.69 Å². The summed E-state index contributed by atoms with van der Waals surface area (Å²) in [6.45, 7) is 11.6. The van der Waals surface area contributed by atoms with Gasteiger partial charge >= 0.3 is 0 Å². The Bertz CT molecular complexity index is 1330.